The summed E-state index contributed by atoms with van der Waals surface area (Å²) in [6.07, 6.45) is -0.980. The maximum absolute atomic E-state index is 13.4. The number of unbranched alkanes of at least 4 members (excludes halogenated alkanes) is 2. The van der Waals surface area contributed by atoms with Crippen LogP contribution in [0.5, 0.6) is 0 Å². The third-order valence-electron chi connectivity index (χ3n) is 4.35. The molecular formula is C17H24F4N2. The van der Waals surface area contributed by atoms with Gasteiger partial charge in [-0.05, 0) is 24.1 Å². The summed E-state index contributed by atoms with van der Waals surface area (Å²) in [7, 11) is 0. The Balaban J connectivity index is 2.33. The van der Waals surface area contributed by atoms with E-state index in [4.69, 9.17) is 0 Å². The molecule has 0 radical (unpaired) electrons. The molecule has 0 bridgehead atoms. The van der Waals surface area contributed by atoms with Crippen LogP contribution in [-0.2, 0) is 6.18 Å². The molecule has 0 spiro atoms. The van der Waals surface area contributed by atoms with Gasteiger partial charge in [-0.2, -0.15) is 13.2 Å². The van der Waals surface area contributed by atoms with Crippen LogP contribution >= 0.6 is 0 Å². The normalized spacial score (nSPS) is 18.1. The van der Waals surface area contributed by atoms with Crippen LogP contribution < -0.4 is 5.32 Å². The molecule has 0 aliphatic carbocycles. The smallest absolute Gasteiger partial charge is 0.314 e. The Labute approximate surface area is 134 Å². The van der Waals surface area contributed by atoms with Crippen LogP contribution in [0.4, 0.5) is 17.6 Å². The van der Waals surface area contributed by atoms with Crippen molar-refractivity contribution < 1.29 is 17.6 Å². The van der Waals surface area contributed by atoms with Gasteiger partial charge in [-0.3, -0.25) is 4.90 Å². The predicted octanol–water partition coefficient (Wildman–Crippen LogP) is 4.37. The highest BCUT2D eigenvalue weighted by Crippen LogP contribution is 2.38. The van der Waals surface area contributed by atoms with E-state index in [2.05, 4.69) is 17.1 Å². The average Bonchev–Trinajstić information content (AvgIpc) is 2.52. The van der Waals surface area contributed by atoms with Crippen molar-refractivity contribution >= 4 is 0 Å². The lowest BCUT2D eigenvalue weighted by Crippen LogP contribution is -2.45. The van der Waals surface area contributed by atoms with Crippen LogP contribution in [0, 0.1) is 5.82 Å². The number of piperazine rings is 1. The number of hydrogen-bond donors (Lipinski definition) is 1. The molecule has 1 aliphatic rings. The van der Waals surface area contributed by atoms with Gasteiger partial charge < -0.3 is 5.32 Å². The van der Waals surface area contributed by atoms with Crippen molar-refractivity contribution in [3.05, 3.63) is 35.1 Å². The van der Waals surface area contributed by atoms with Gasteiger partial charge in [0.1, 0.15) is 5.82 Å². The van der Waals surface area contributed by atoms with Crippen LogP contribution in [0.15, 0.2) is 18.2 Å². The van der Waals surface area contributed by atoms with E-state index in [0.717, 1.165) is 38.4 Å². The molecule has 1 aliphatic heterocycles. The molecule has 2 nitrogen and oxygen atoms in total. The van der Waals surface area contributed by atoms with Crippen molar-refractivity contribution in [3.8, 4) is 0 Å². The van der Waals surface area contributed by atoms with Gasteiger partial charge in [0.2, 0.25) is 0 Å². The quantitative estimate of drug-likeness (QED) is 0.615. The van der Waals surface area contributed by atoms with Crippen LogP contribution in [0.2, 0.25) is 0 Å². The Morgan fingerprint density at radius 1 is 1.17 bits per heavy atom. The number of nitrogens with one attached hydrogen (secondary N) is 1. The summed E-state index contributed by atoms with van der Waals surface area (Å²) in [5.41, 5.74) is -0.630. The molecule has 23 heavy (non-hydrogen) atoms. The Morgan fingerprint density at radius 2 is 1.87 bits per heavy atom. The van der Waals surface area contributed by atoms with E-state index in [1.807, 2.05) is 0 Å². The first-order valence-corrected chi connectivity index (χ1v) is 8.25. The Bertz CT molecular complexity index is 496. The van der Waals surface area contributed by atoms with Crippen LogP contribution in [0.25, 0.3) is 0 Å². The number of hydrogen-bond acceptors (Lipinski definition) is 2. The lowest BCUT2D eigenvalue weighted by molar-refractivity contribution is -0.139. The van der Waals surface area contributed by atoms with Crippen LogP contribution in [0.3, 0.4) is 0 Å². The first kappa shape index (κ1) is 18.2. The molecule has 1 aromatic carbocycles. The predicted molar refractivity (Wildman–Crippen MR) is 82.7 cm³/mol. The molecule has 130 valence electrons. The molecule has 0 amide bonds. The minimum atomic E-state index is -4.53. The molecule has 1 saturated heterocycles. The molecule has 1 N–H and O–H groups in total. The van der Waals surface area contributed by atoms with E-state index >= 15 is 0 Å². The van der Waals surface area contributed by atoms with Crippen LogP contribution in [-0.4, -0.2) is 31.1 Å². The fraction of sp³-hybridized carbons (Fsp3) is 0.647. The van der Waals surface area contributed by atoms with Gasteiger partial charge in [0.25, 0.3) is 0 Å². The lowest BCUT2D eigenvalue weighted by Gasteiger charge is -2.36. The first-order valence-electron chi connectivity index (χ1n) is 8.25. The van der Waals surface area contributed by atoms with E-state index in [1.165, 1.54) is 6.07 Å². The topological polar surface area (TPSA) is 15.3 Å². The van der Waals surface area contributed by atoms with Crippen molar-refractivity contribution in [2.75, 3.05) is 26.2 Å². The van der Waals surface area contributed by atoms with Crippen molar-refractivity contribution in [2.24, 2.45) is 0 Å². The highest BCUT2D eigenvalue weighted by atomic mass is 19.4. The van der Waals surface area contributed by atoms with E-state index in [0.29, 0.717) is 25.6 Å². The third kappa shape index (κ3) is 4.91. The van der Waals surface area contributed by atoms with E-state index in [1.54, 1.807) is 0 Å². The summed E-state index contributed by atoms with van der Waals surface area (Å²) in [6.45, 7) is 5.04. The Kier molecular flexibility index (Phi) is 6.41. The monoisotopic (exact) mass is 332 g/mol. The Hall–Kier alpha value is -1.14. The zero-order valence-corrected chi connectivity index (χ0v) is 13.4. The lowest BCUT2D eigenvalue weighted by atomic mass is 9.93. The summed E-state index contributed by atoms with van der Waals surface area (Å²) < 4.78 is 53.4. The standard InChI is InChI=1S/C17H24F4N2/c1-2-3-4-5-16(23-10-8-22-9-11-23)14-7-6-13(18)12-15(14)17(19,20)21/h6-7,12,16,22H,2-5,8-11H2,1H3/t16-/m1/s1. The third-order valence-corrected chi connectivity index (χ3v) is 4.35. The van der Waals surface area contributed by atoms with E-state index in [-0.39, 0.29) is 11.6 Å². The van der Waals surface area contributed by atoms with Gasteiger partial charge in [0, 0.05) is 32.2 Å². The Morgan fingerprint density at radius 3 is 2.48 bits per heavy atom. The second-order valence-electron chi connectivity index (χ2n) is 6.03. The average molecular weight is 332 g/mol. The summed E-state index contributed by atoms with van der Waals surface area (Å²) in [6, 6.07) is 2.78. The second kappa shape index (κ2) is 8.11. The van der Waals surface area contributed by atoms with Crippen LogP contribution in [0.1, 0.15) is 49.8 Å². The van der Waals surface area contributed by atoms with Crippen molar-refractivity contribution in [2.45, 2.75) is 44.8 Å². The van der Waals surface area contributed by atoms with Gasteiger partial charge in [0.05, 0.1) is 5.56 Å². The molecule has 6 heteroatoms. The minimum absolute atomic E-state index is 0.205. The maximum atomic E-state index is 13.4. The van der Waals surface area contributed by atoms with Gasteiger partial charge in [-0.15, -0.1) is 0 Å². The largest absolute Gasteiger partial charge is 0.416 e. The van der Waals surface area contributed by atoms with E-state index < -0.39 is 17.6 Å². The molecular weight excluding hydrogens is 308 g/mol. The molecule has 0 aromatic heterocycles. The minimum Gasteiger partial charge on any atom is -0.314 e. The first-order chi connectivity index (χ1) is 10.9. The zero-order valence-electron chi connectivity index (χ0n) is 13.4. The molecule has 0 saturated carbocycles. The van der Waals surface area contributed by atoms with Gasteiger partial charge in [0.15, 0.2) is 0 Å². The van der Waals surface area contributed by atoms with Crippen molar-refractivity contribution in [3.63, 3.8) is 0 Å². The number of halogens is 4. The fourth-order valence-corrected chi connectivity index (χ4v) is 3.18. The van der Waals surface area contributed by atoms with Gasteiger partial charge in [-0.1, -0.05) is 32.3 Å². The summed E-state index contributed by atoms with van der Waals surface area (Å²) >= 11 is 0. The van der Waals surface area contributed by atoms with Crippen molar-refractivity contribution in [1.29, 1.82) is 0 Å². The number of benzene rings is 1. The van der Waals surface area contributed by atoms with E-state index in [9.17, 15) is 17.6 Å². The molecule has 1 fully saturated rings. The molecule has 2 rings (SSSR count). The number of rotatable bonds is 6. The summed E-state index contributed by atoms with van der Waals surface area (Å²) in [4.78, 5) is 2.09. The molecule has 1 atom stereocenters. The summed E-state index contributed by atoms with van der Waals surface area (Å²) in [5, 5.41) is 3.22. The van der Waals surface area contributed by atoms with Crippen molar-refractivity contribution in [1.82, 2.24) is 10.2 Å². The number of alkyl halides is 3. The highest BCUT2D eigenvalue weighted by molar-refractivity contribution is 5.33. The SMILES string of the molecule is CCCCC[C@H](c1ccc(F)cc1C(F)(F)F)N1CCNCC1. The molecule has 1 heterocycles. The van der Waals surface area contributed by atoms with Gasteiger partial charge in [-0.25, -0.2) is 4.39 Å². The molecule has 0 unspecified atom stereocenters. The highest BCUT2D eigenvalue weighted by Gasteiger charge is 2.37. The number of nitrogens with zero attached hydrogens (tertiary/aromatic N) is 1. The van der Waals surface area contributed by atoms with Gasteiger partial charge >= 0.3 is 6.18 Å². The summed E-state index contributed by atoms with van der Waals surface area (Å²) in [5.74, 6) is -0.839. The molecule has 1 aromatic rings. The maximum Gasteiger partial charge on any atom is 0.416 e. The fourth-order valence-electron chi connectivity index (χ4n) is 3.18. The zero-order chi connectivity index (χ0) is 16.9. The second-order valence-corrected chi connectivity index (χ2v) is 6.03.